The topological polar surface area (TPSA) is 140 Å². The highest BCUT2D eigenvalue weighted by Crippen LogP contribution is 2.26. The van der Waals surface area contributed by atoms with Gasteiger partial charge in [-0.1, -0.05) is 12.5 Å². The summed E-state index contributed by atoms with van der Waals surface area (Å²) in [5.41, 5.74) is 17.3. The smallest absolute Gasteiger partial charge is 0.243 e. The standard InChI is InChI=1S/C14H22N6O2S/c1-10-5-6-11(9-12(10)18-14(17)19-13(15)16)23(21,22)20-7-3-2-4-8-20/h5-6,9H,2-4,7-8H2,1H3,(H6,15,16,17,18,19). The molecule has 9 heteroatoms. The number of piperidine rings is 1. The zero-order valence-electron chi connectivity index (χ0n) is 13.1. The molecule has 1 aromatic carbocycles. The van der Waals surface area contributed by atoms with Crippen molar-refractivity contribution in [1.29, 1.82) is 0 Å². The van der Waals surface area contributed by atoms with Gasteiger partial charge in [0.05, 0.1) is 10.6 Å². The first-order valence-corrected chi connectivity index (χ1v) is 8.79. The minimum atomic E-state index is -3.52. The lowest BCUT2D eigenvalue weighted by atomic mass is 10.2. The van der Waals surface area contributed by atoms with Crippen molar-refractivity contribution < 1.29 is 8.42 Å². The number of hydrogen-bond acceptors (Lipinski definition) is 3. The van der Waals surface area contributed by atoms with Crippen molar-refractivity contribution in [3.8, 4) is 0 Å². The monoisotopic (exact) mass is 338 g/mol. The van der Waals surface area contributed by atoms with Crippen molar-refractivity contribution in [3.05, 3.63) is 23.8 Å². The van der Waals surface area contributed by atoms with E-state index in [0.717, 1.165) is 24.8 Å². The Kier molecular flexibility index (Phi) is 5.22. The minimum absolute atomic E-state index is 0.124. The largest absolute Gasteiger partial charge is 0.370 e. The summed E-state index contributed by atoms with van der Waals surface area (Å²) in [7, 11) is -3.52. The molecule has 1 aliphatic rings. The van der Waals surface area contributed by atoms with Crippen LogP contribution in [-0.4, -0.2) is 37.7 Å². The molecule has 1 saturated heterocycles. The zero-order valence-corrected chi connectivity index (χ0v) is 13.9. The molecule has 0 aromatic heterocycles. The second-order valence-corrected chi connectivity index (χ2v) is 7.36. The number of aryl methyl sites for hydroxylation is 1. The first-order chi connectivity index (χ1) is 10.8. The summed E-state index contributed by atoms with van der Waals surface area (Å²) < 4.78 is 26.9. The number of hydrogen-bond donors (Lipinski definition) is 3. The lowest BCUT2D eigenvalue weighted by Crippen LogP contribution is -2.35. The Hall–Kier alpha value is -2.13. The SMILES string of the molecule is Cc1ccc(S(=O)(=O)N2CCCCC2)cc1N=C(N)N=C(N)N. The molecule has 0 spiro atoms. The lowest BCUT2D eigenvalue weighted by molar-refractivity contribution is 0.346. The number of sulfonamides is 1. The highest BCUT2D eigenvalue weighted by atomic mass is 32.2. The Bertz CT molecular complexity index is 732. The van der Waals surface area contributed by atoms with Crippen LogP contribution < -0.4 is 17.2 Å². The molecule has 1 heterocycles. The molecule has 0 amide bonds. The number of nitrogens with two attached hydrogens (primary N) is 3. The van der Waals surface area contributed by atoms with Gasteiger partial charge in [-0.3, -0.25) is 0 Å². The van der Waals surface area contributed by atoms with Crippen LogP contribution in [0.4, 0.5) is 5.69 Å². The highest BCUT2D eigenvalue weighted by Gasteiger charge is 2.26. The van der Waals surface area contributed by atoms with E-state index in [1.54, 1.807) is 19.1 Å². The number of benzene rings is 1. The summed E-state index contributed by atoms with van der Waals surface area (Å²) in [5, 5.41) is 0. The molecule has 6 N–H and O–H groups in total. The first-order valence-electron chi connectivity index (χ1n) is 7.35. The fraction of sp³-hybridized carbons (Fsp3) is 0.429. The van der Waals surface area contributed by atoms with Crippen molar-refractivity contribution in [2.75, 3.05) is 13.1 Å². The maximum Gasteiger partial charge on any atom is 0.243 e. The van der Waals surface area contributed by atoms with Gasteiger partial charge in [-0.25, -0.2) is 13.4 Å². The second kappa shape index (κ2) is 6.97. The van der Waals surface area contributed by atoms with E-state index in [1.165, 1.54) is 10.4 Å². The highest BCUT2D eigenvalue weighted by molar-refractivity contribution is 7.89. The number of rotatable bonds is 3. The Balaban J connectivity index is 2.38. The first kappa shape index (κ1) is 17.2. The average Bonchev–Trinajstić information content (AvgIpc) is 2.49. The van der Waals surface area contributed by atoms with Gasteiger partial charge in [0, 0.05) is 13.1 Å². The molecule has 1 aromatic rings. The number of guanidine groups is 2. The van der Waals surface area contributed by atoms with Crippen LogP contribution >= 0.6 is 0 Å². The van der Waals surface area contributed by atoms with Gasteiger partial charge >= 0.3 is 0 Å². The van der Waals surface area contributed by atoms with E-state index in [9.17, 15) is 8.42 Å². The van der Waals surface area contributed by atoms with Crippen molar-refractivity contribution in [3.63, 3.8) is 0 Å². The van der Waals surface area contributed by atoms with Crippen LogP contribution in [0.5, 0.6) is 0 Å². The van der Waals surface area contributed by atoms with Gasteiger partial charge in [-0.05, 0) is 37.5 Å². The number of nitrogens with zero attached hydrogens (tertiary/aromatic N) is 3. The molecule has 23 heavy (non-hydrogen) atoms. The predicted octanol–water partition coefficient (Wildman–Crippen LogP) is 0.389. The number of aliphatic imine (C=N–C) groups is 2. The van der Waals surface area contributed by atoms with E-state index in [2.05, 4.69) is 9.98 Å². The van der Waals surface area contributed by atoms with Gasteiger partial charge in [0.15, 0.2) is 5.96 Å². The molecule has 8 nitrogen and oxygen atoms in total. The van der Waals surface area contributed by atoms with Gasteiger partial charge < -0.3 is 17.2 Å². The summed E-state index contributed by atoms with van der Waals surface area (Å²) in [5.74, 6) is -0.332. The van der Waals surface area contributed by atoms with Crippen LogP contribution in [0.15, 0.2) is 33.1 Å². The lowest BCUT2D eigenvalue weighted by Gasteiger charge is -2.26. The molecule has 0 saturated carbocycles. The molecule has 1 aliphatic heterocycles. The molecule has 126 valence electrons. The summed E-state index contributed by atoms with van der Waals surface area (Å²) >= 11 is 0. The zero-order chi connectivity index (χ0) is 17.0. The van der Waals surface area contributed by atoms with Gasteiger partial charge in [0.1, 0.15) is 0 Å². The molecular formula is C14H22N6O2S. The van der Waals surface area contributed by atoms with E-state index in [4.69, 9.17) is 17.2 Å². The average molecular weight is 338 g/mol. The molecule has 0 atom stereocenters. The van der Waals surface area contributed by atoms with Gasteiger partial charge in [-0.2, -0.15) is 9.30 Å². The van der Waals surface area contributed by atoms with Crippen molar-refractivity contribution in [2.45, 2.75) is 31.1 Å². The summed E-state index contributed by atoms with van der Waals surface area (Å²) in [4.78, 5) is 7.91. The summed E-state index contributed by atoms with van der Waals surface area (Å²) in [6, 6.07) is 4.77. The van der Waals surface area contributed by atoms with Crippen molar-refractivity contribution in [1.82, 2.24) is 4.31 Å². The molecule has 0 aliphatic carbocycles. The minimum Gasteiger partial charge on any atom is -0.370 e. The van der Waals surface area contributed by atoms with E-state index in [-0.39, 0.29) is 16.8 Å². The van der Waals surface area contributed by atoms with Gasteiger partial charge in [-0.15, -0.1) is 0 Å². The molecule has 0 unspecified atom stereocenters. The Morgan fingerprint density at radius 2 is 1.78 bits per heavy atom. The molecular weight excluding hydrogens is 316 g/mol. The Labute approximate surface area is 136 Å². The van der Waals surface area contributed by atoms with E-state index < -0.39 is 10.0 Å². The second-order valence-electron chi connectivity index (χ2n) is 5.42. The van der Waals surface area contributed by atoms with Crippen molar-refractivity contribution in [2.24, 2.45) is 27.2 Å². The van der Waals surface area contributed by atoms with Crippen LogP contribution in [-0.2, 0) is 10.0 Å². The molecule has 0 bridgehead atoms. The Morgan fingerprint density at radius 3 is 2.39 bits per heavy atom. The third-order valence-electron chi connectivity index (χ3n) is 3.61. The van der Waals surface area contributed by atoms with Crippen molar-refractivity contribution >= 4 is 27.6 Å². The van der Waals surface area contributed by atoms with Gasteiger partial charge in [0.2, 0.25) is 16.0 Å². The quantitative estimate of drug-likeness (QED) is 0.540. The fourth-order valence-corrected chi connectivity index (χ4v) is 3.94. The third kappa shape index (κ3) is 4.20. The molecule has 2 rings (SSSR count). The summed E-state index contributed by atoms with van der Waals surface area (Å²) in [6.07, 6.45) is 2.82. The van der Waals surface area contributed by atoms with Crippen LogP contribution in [0.2, 0.25) is 0 Å². The van der Waals surface area contributed by atoms with Gasteiger partial charge in [0.25, 0.3) is 0 Å². The van der Waals surface area contributed by atoms with E-state index in [1.807, 2.05) is 0 Å². The third-order valence-corrected chi connectivity index (χ3v) is 5.51. The van der Waals surface area contributed by atoms with E-state index >= 15 is 0 Å². The maximum absolute atomic E-state index is 12.7. The van der Waals surface area contributed by atoms with Crippen LogP contribution in [0, 0.1) is 6.92 Å². The fourth-order valence-electron chi connectivity index (χ4n) is 2.41. The molecule has 0 radical (unpaired) electrons. The van der Waals surface area contributed by atoms with Crippen LogP contribution in [0.1, 0.15) is 24.8 Å². The van der Waals surface area contributed by atoms with E-state index in [0.29, 0.717) is 18.8 Å². The Morgan fingerprint density at radius 1 is 1.13 bits per heavy atom. The normalized spacial score (nSPS) is 17.0. The predicted molar refractivity (Wildman–Crippen MR) is 90.9 cm³/mol. The van der Waals surface area contributed by atoms with Crippen LogP contribution in [0.25, 0.3) is 0 Å². The maximum atomic E-state index is 12.7. The van der Waals surface area contributed by atoms with Crippen LogP contribution in [0.3, 0.4) is 0 Å². The molecule has 1 fully saturated rings. The summed E-state index contributed by atoms with van der Waals surface area (Å²) in [6.45, 7) is 2.90.